The Balaban J connectivity index is 1.94. The van der Waals surface area contributed by atoms with E-state index in [1.54, 1.807) is 37.4 Å². The van der Waals surface area contributed by atoms with Crippen molar-refractivity contribution in [2.45, 2.75) is 4.90 Å². The third kappa shape index (κ3) is 4.27. The van der Waals surface area contributed by atoms with Gasteiger partial charge in [0.1, 0.15) is 5.75 Å². The van der Waals surface area contributed by atoms with Crippen LogP contribution in [0.3, 0.4) is 0 Å². The minimum absolute atomic E-state index is 0.107. The van der Waals surface area contributed by atoms with Gasteiger partial charge in [-0.05, 0) is 54.6 Å². The third-order valence-electron chi connectivity index (χ3n) is 4.71. The van der Waals surface area contributed by atoms with Crippen molar-refractivity contribution in [3.8, 4) is 5.75 Å². The lowest BCUT2D eigenvalue weighted by Crippen LogP contribution is -2.28. The Morgan fingerprint density at radius 3 is 2.13 bits per heavy atom. The topological polar surface area (TPSA) is 66.9 Å². The van der Waals surface area contributed by atoms with Crippen LogP contribution in [-0.2, 0) is 10.0 Å². The predicted molar refractivity (Wildman–Crippen MR) is 119 cm³/mol. The van der Waals surface area contributed by atoms with Gasteiger partial charge in [-0.3, -0.25) is 9.10 Å². The SMILES string of the molecule is COc1ccc(S(=O)(=O)N(C)c2ccc(Cl)c(C(=O)N(C)c3ccccc3)c2)cc1. The Bertz CT molecular complexity index is 1150. The highest BCUT2D eigenvalue weighted by Crippen LogP contribution is 2.29. The molecule has 0 N–H and O–H groups in total. The second-order valence-electron chi connectivity index (χ2n) is 6.51. The highest BCUT2D eigenvalue weighted by molar-refractivity contribution is 7.92. The molecule has 0 saturated heterocycles. The molecule has 3 rings (SSSR count). The van der Waals surface area contributed by atoms with Gasteiger partial charge in [0.15, 0.2) is 0 Å². The standard InChI is InChI=1S/C22H21ClN2O4S/c1-24(16-7-5-4-6-8-16)22(26)20-15-17(9-14-21(20)23)25(2)30(27,28)19-12-10-18(29-3)11-13-19/h4-15H,1-3H3. The predicted octanol–water partition coefficient (Wildman–Crippen LogP) is 4.45. The Morgan fingerprint density at radius 1 is 0.900 bits per heavy atom. The molecule has 30 heavy (non-hydrogen) atoms. The number of amides is 1. The summed E-state index contributed by atoms with van der Waals surface area (Å²) < 4.78 is 32.2. The lowest BCUT2D eigenvalue weighted by Gasteiger charge is -2.22. The summed E-state index contributed by atoms with van der Waals surface area (Å²) in [4.78, 5) is 14.6. The smallest absolute Gasteiger partial charge is 0.264 e. The summed E-state index contributed by atoms with van der Waals surface area (Å²) in [5.74, 6) is 0.211. The zero-order valence-corrected chi connectivity index (χ0v) is 18.3. The molecular formula is C22H21ClN2O4S. The van der Waals surface area contributed by atoms with Crippen LogP contribution in [0.5, 0.6) is 5.75 Å². The number of hydrogen-bond acceptors (Lipinski definition) is 4. The number of ether oxygens (including phenoxy) is 1. The maximum absolute atomic E-state index is 13.0. The molecule has 0 heterocycles. The summed E-state index contributed by atoms with van der Waals surface area (Å²) in [5, 5.41) is 0.238. The number of rotatable bonds is 6. The van der Waals surface area contributed by atoms with Gasteiger partial charge in [0.2, 0.25) is 0 Å². The van der Waals surface area contributed by atoms with Gasteiger partial charge < -0.3 is 9.64 Å². The lowest BCUT2D eigenvalue weighted by molar-refractivity contribution is 0.0993. The Kier molecular flexibility index (Phi) is 6.34. The number of para-hydroxylation sites is 1. The van der Waals surface area contributed by atoms with Crippen molar-refractivity contribution in [1.29, 1.82) is 0 Å². The van der Waals surface area contributed by atoms with Crippen molar-refractivity contribution in [3.05, 3.63) is 83.4 Å². The van der Waals surface area contributed by atoms with E-state index in [1.807, 2.05) is 18.2 Å². The monoisotopic (exact) mass is 444 g/mol. The molecule has 0 fully saturated rings. The van der Waals surface area contributed by atoms with Crippen LogP contribution in [0.4, 0.5) is 11.4 Å². The van der Waals surface area contributed by atoms with Crippen molar-refractivity contribution < 1.29 is 17.9 Å². The zero-order chi connectivity index (χ0) is 21.9. The molecule has 0 bridgehead atoms. The summed E-state index contributed by atoms with van der Waals surface area (Å²) in [7, 11) is 0.739. The second kappa shape index (κ2) is 8.77. The normalized spacial score (nSPS) is 11.1. The molecule has 3 aromatic carbocycles. The molecule has 0 atom stereocenters. The van der Waals surface area contributed by atoms with Crippen molar-refractivity contribution in [2.75, 3.05) is 30.4 Å². The van der Waals surface area contributed by atoms with Gasteiger partial charge in [0.05, 0.1) is 28.3 Å². The molecule has 0 aliphatic heterocycles. The van der Waals surface area contributed by atoms with Crippen molar-refractivity contribution >= 4 is 38.9 Å². The maximum Gasteiger partial charge on any atom is 0.264 e. The van der Waals surface area contributed by atoms with Crippen LogP contribution in [0.25, 0.3) is 0 Å². The zero-order valence-electron chi connectivity index (χ0n) is 16.7. The van der Waals surface area contributed by atoms with Crippen LogP contribution in [0.2, 0.25) is 5.02 Å². The van der Waals surface area contributed by atoms with E-state index < -0.39 is 10.0 Å². The molecule has 3 aromatic rings. The van der Waals surface area contributed by atoms with Gasteiger partial charge in [0, 0.05) is 19.8 Å². The highest BCUT2D eigenvalue weighted by Gasteiger charge is 2.24. The van der Waals surface area contributed by atoms with Gasteiger partial charge in [-0.25, -0.2) is 8.42 Å². The summed E-state index contributed by atoms with van der Waals surface area (Å²) in [6.45, 7) is 0. The number of methoxy groups -OCH3 is 1. The average molecular weight is 445 g/mol. The molecule has 0 unspecified atom stereocenters. The first-order valence-electron chi connectivity index (χ1n) is 9.01. The molecule has 1 amide bonds. The summed E-state index contributed by atoms with van der Waals surface area (Å²) >= 11 is 6.26. The van der Waals surface area contributed by atoms with Crippen LogP contribution in [0.15, 0.2) is 77.7 Å². The molecule has 0 aromatic heterocycles. The molecule has 0 aliphatic rings. The molecule has 0 aliphatic carbocycles. The van der Waals surface area contributed by atoms with Crippen LogP contribution in [0, 0.1) is 0 Å². The van der Waals surface area contributed by atoms with Crippen molar-refractivity contribution in [2.24, 2.45) is 0 Å². The lowest BCUT2D eigenvalue weighted by atomic mass is 10.1. The third-order valence-corrected chi connectivity index (χ3v) is 6.84. The molecule has 0 saturated carbocycles. The Morgan fingerprint density at radius 2 is 1.53 bits per heavy atom. The summed E-state index contributed by atoms with van der Waals surface area (Å²) in [6.07, 6.45) is 0. The van der Waals surface area contributed by atoms with Gasteiger partial charge in [-0.15, -0.1) is 0 Å². The van der Waals surface area contributed by atoms with E-state index in [9.17, 15) is 13.2 Å². The van der Waals surface area contributed by atoms with Gasteiger partial charge >= 0.3 is 0 Å². The van der Waals surface area contributed by atoms with E-state index in [1.165, 1.54) is 43.3 Å². The quantitative estimate of drug-likeness (QED) is 0.563. The molecule has 0 radical (unpaired) electrons. The van der Waals surface area contributed by atoms with Crippen LogP contribution in [0.1, 0.15) is 10.4 Å². The number of hydrogen-bond donors (Lipinski definition) is 0. The molecule has 0 spiro atoms. The fourth-order valence-corrected chi connectivity index (χ4v) is 4.25. The van der Waals surface area contributed by atoms with Crippen molar-refractivity contribution in [3.63, 3.8) is 0 Å². The molecule has 8 heteroatoms. The molecular weight excluding hydrogens is 424 g/mol. The van der Waals surface area contributed by atoms with Gasteiger partial charge in [0.25, 0.3) is 15.9 Å². The largest absolute Gasteiger partial charge is 0.497 e. The Labute approximate surface area is 181 Å². The van der Waals surface area contributed by atoms with Gasteiger partial charge in [-0.2, -0.15) is 0 Å². The number of nitrogens with zero attached hydrogens (tertiary/aromatic N) is 2. The number of carbonyl (C=O) groups is 1. The molecule has 6 nitrogen and oxygen atoms in total. The Hall–Kier alpha value is -3.03. The minimum atomic E-state index is -3.83. The van der Waals surface area contributed by atoms with Gasteiger partial charge in [-0.1, -0.05) is 29.8 Å². The first kappa shape index (κ1) is 21.7. The van der Waals surface area contributed by atoms with Crippen LogP contribution < -0.4 is 13.9 Å². The van der Waals surface area contributed by atoms with E-state index in [4.69, 9.17) is 16.3 Å². The van der Waals surface area contributed by atoms with Crippen LogP contribution in [-0.4, -0.2) is 35.5 Å². The number of sulfonamides is 1. The van der Waals surface area contributed by atoms with E-state index in [-0.39, 0.29) is 21.4 Å². The minimum Gasteiger partial charge on any atom is -0.497 e. The van der Waals surface area contributed by atoms with Crippen LogP contribution >= 0.6 is 11.6 Å². The van der Waals surface area contributed by atoms with E-state index in [0.717, 1.165) is 4.31 Å². The number of halogens is 1. The van der Waals surface area contributed by atoms with E-state index in [2.05, 4.69) is 0 Å². The van der Waals surface area contributed by atoms with E-state index >= 15 is 0 Å². The van der Waals surface area contributed by atoms with Crippen molar-refractivity contribution in [1.82, 2.24) is 0 Å². The number of benzene rings is 3. The summed E-state index contributed by atoms with van der Waals surface area (Å²) in [6, 6.07) is 19.8. The average Bonchev–Trinajstić information content (AvgIpc) is 2.78. The number of anilines is 2. The maximum atomic E-state index is 13.0. The molecule has 156 valence electrons. The fraction of sp³-hybridized carbons (Fsp3) is 0.136. The first-order valence-corrected chi connectivity index (χ1v) is 10.8. The second-order valence-corrected chi connectivity index (χ2v) is 8.89. The van der Waals surface area contributed by atoms with E-state index in [0.29, 0.717) is 17.1 Å². The fourth-order valence-electron chi connectivity index (χ4n) is 2.87. The number of carbonyl (C=O) groups excluding carboxylic acids is 1. The first-order chi connectivity index (χ1) is 14.3. The summed E-state index contributed by atoms with van der Waals surface area (Å²) in [5.41, 5.74) is 1.22. The highest BCUT2D eigenvalue weighted by atomic mass is 35.5.